The molecule has 1 aromatic heterocycles. The molecule has 0 unspecified atom stereocenters. The minimum atomic E-state index is -0.299. The summed E-state index contributed by atoms with van der Waals surface area (Å²) >= 11 is 0. The Labute approximate surface area is 88.8 Å². The van der Waals surface area contributed by atoms with Gasteiger partial charge in [-0.05, 0) is 25.0 Å². The summed E-state index contributed by atoms with van der Waals surface area (Å²) < 4.78 is 0. The Morgan fingerprint density at radius 1 is 1.60 bits per heavy atom. The van der Waals surface area contributed by atoms with Crippen molar-refractivity contribution in [2.24, 2.45) is 0 Å². The molecular formula is C11H13N3O. The van der Waals surface area contributed by atoms with Crippen molar-refractivity contribution in [3.63, 3.8) is 0 Å². The molecule has 0 aromatic carbocycles. The first kappa shape index (κ1) is 9.94. The Balaban J connectivity index is 2.25. The van der Waals surface area contributed by atoms with Crippen LogP contribution in [0.4, 0.5) is 5.82 Å². The lowest BCUT2D eigenvalue weighted by atomic mass is 10.1. The zero-order chi connectivity index (χ0) is 10.7. The molecule has 78 valence electrons. The van der Waals surface area contributed by atoms with Crippen LogP contribution in [0.3, 0.4) is 0 Å². The molecule has 0 saturated carbocycles. The molecular weight excluding hydrogens is 190 g/mol. The molecule has 0 spiro atoms. The molecule has 2 rings (SSSR count). The molecule has 1 aliphatic heterocycles. The number of nitriles is 1. The van der Waals surface area contributed by atoms with Crippen molar-refractivity contribution in [2.45, 2.75) is 18.9 Å². The highest BCUT2D eigenvalue weighted by Gasteiger charge is 2.20. The van der Waals surface area contributed by atoms with Crippen LogP contribution >= 0.6 is 0 Å². The van der Waals surface area contributed by atoms with Crippen molar-refractivity contribution in [3.05, 3.63) is 23.9 Å². The van der Waals surface area contributed by atoms with Gasteiger partial charge in [-0.1, -0.05) is 0 Å². The molecule has 0 bridgehead atoms. The maximum absolute atomic E-state index is 9.55. The van der Waals surface area contributed by atoms with Crippen LogP contribution in [-0.2, 0) is 0 Å². The second-order valence-corrected chi connectivity index (χ2v) is 3.73. The molecule has 15 heavy (non-hydrogen) atoms. The van der Waals surface area contributed by atoms with Gasteiger partial charge in [0.15, 0.2) is 0 Å². The summed E-state index contributed by atoms with van der Waals surface area (Å²) in [7, 11) is 0. The molecule has 4 nitrogen and oxygen atoms in total. The lowest BCUT2D eigenvalue weighted by Gasteiger charge is -2.31. The van der Waals surface area contributed by atoms with Crippen molar-refractivity contribution in [2.75, 3.05) is 18.0 Å². The van der Waals surface area contributed by atoms with Gasteiger partial charge in [0.2, 0.25) is 0 Å². The minimum absolute atomic E-state index is 0.299. The van der Waals surface area contributed by atoms with E-state index in [9.17, 15) is 5.11 Å². The fraction of sp³-hybridized carbons (Fsp3) is 0.455. The van der Waals surface area contributed by atoms with E-state index in [2.05, 4.69) is 11.1 Å². The fourth-order valence-corrected chi connectivity index (χ4v) is 1.88. The van der Waals surface area contributed by atoms with Gasteiger partial charge in [-0.2, -0.15) is 5.26 Å². The monoisotopic (exact) mass is 203 g/mol. The highest BCUT2D eigenvalue weighted by atomic mass is 16.3. The van der Waals surface area contributed by atoms with Crippen molar-refractivity contribution in [1.29, 1.82) is 5.26 Å². The fourth-order valence-electron chi connectivity index (χ4n) is 1.88. The third-order valence-electron chi connectivity index (χ3n) is 2.60. The average molecular weight is 203 g/mol. The van der Waals surface area contributed by atoms with E-state index in [1.165, 1.54) is 0 Å². The quantitative estimate of drug-likeness (QED) is 0.737. The van der Waals surface area contributed by atoms with Gasteiger partial charge in [-0.3, -0.25) is 0 Å². The first-order valence-corrected chi connectivity index (χ1v) is 5.09. The van der Waals surface area contributed by atoms with E-state index in [-0.39, 0.29) is 6.10 Å². The Kier molecular flexibility index (Phi) is 2.84. The number of nitrogens with zero attached hydrogens (tertiary/aromatic N) is 3. The van der Waals surface area contributed by atoms with Crippen molar-refractivity contribution >= 4 is 5.82 Å². The summed E-state index contributed by atoms with van der Waals surface area (Å²) in [5.41, 5.74) is 0.576. The Hall–Kier alpha value is -1.60. The summed E-state index contributed by atoms with van der Waals surface area (Å²) in [5.74, 6) is 0.693. The van der Waals surface area contributed by atoms with Crippen molar-refractivity contribution in [1.82, 2.24) is 4.98 Å². The molecule has 1 saturated heterocycles. The molecule has 1 N–H and O–H groups in total. The van der Waals surface area contributed by atoms with E-state index in [1.807, 2.05) is 4.90 Å². The number of β-amino-alcohol motifs (C(OH)–C–C–N with tert-alkyl or cyclic N) is 1. The highest BCUT2D eigenvalue weighted by molar-refractivity contribution is 5.53. The van der Waals surface area contributed by atoms with Crippen LogP contribution in [0.1, 0.15) is 18.4 Å². The van der Waals surface area contributed by atoms with Gasteiger partial charge < -0.3 is 10.0 Å². The van der Waals surface area contributed by atoms with Crippen molar-refractivity contribution in [3.8, 4) is 6.07 Å². The number of aliphatic hydroxyl groups excluding tert-OH is 1. The number of pyridine rings is 1. The van der Waals surface area contributed by atoms with Gasteiger partial charge in [-0.25, -0.2) is 4.98 Å². The van der Waals surface area contributed by atoms with E-state index in [1.54, 1.807) is 18.3 Å². The lowest BCUT2D eigenvalue weighted by Crippen LogP contribution is -2.39. The van der Waals surface area contributed by atoms with E-state index in [0.717, 1.165) is 19.4 Å². The number of hydrogen-bond donors (Lipinski definition) is 1. The predicted molar refractivity (Wildman–Crippen MR) is 56.4 cm³/mol. The number of aliphatic hydroxyl groups is 1. The second kappa shape index (κ2) is 4.28. The Morgan fingerprint density at radius 3 is 3.20 bits per heavy atom. The maximum Gasteiger partial charge on any atom is 0.146 e. The molecule has 1 fully saturated rings. The molecule has 4 heteroatoms. The second-order valence-electron chi connectivity index (χ2n) is 3.73. The van der Waals surface area contributed by atoms with Crippen LogP contribution in [0.5, 0.6) is 0 Å². The number of aromatic nitrogens is 1. The Morgan fingerprint density at radius 2 is 2.47 bits per heavy atom. The smallest absolute Gasteiger partial charge is 0.146 e. The average Bonchev–Trinajstić information content (AvgIpc) is 2.29. The standard InChI is InChI=1S/C11H13N3O/c12-7-9-3-1-5-13-11(9)14-6-2-4-10(15)8-14/h1,3,5,10,15H,2,4,6,8H2/t10-/m1/s1. The first-order valence-electron chi connectivity index (χ1n) is 5.09. The van der Waals surface area contributed by atoms with Gasteiger partial charge in [0.1, 0.15) is 11.9 Å². The number of piperidine rings is 1. The molecule has 0 amide bonds. The van der Waals surface area contributed by atoms with E-state index >= 15 is 0 Å². The van der Waals surface area contributed by atoms with Crippen LogP contribution in [-0.4, -0.2) is 29.3 Å². The van der Waals surface area contributed by atoms with Crippen LogP contribution in [0.2, 0.25) is 0 Å². The normalized spacial score (nSPS) is 21.1. The summed E-state index contributed by atoms with van der Waals surface area (Å²) in [5, 5.41) is 18.5. The number of rotatable bonds is 1. The molecule has 1 atom stereocenters. The Bertz CT molecular complexity index is 386. The molecule has 2 heterocycles. The maximum atomic E-state index is 9.55. The minimum Gasteiger partial charge on any atom is -0.391 e. The SMILES string of the molecule is N#Cc1cccnc1N1CCC[C@@H](O)C1. The summed E-state index contributed by atoms with van der Waals surface area (Å²) in [6.07, 6.45) is 3.16. The van der Waals surface area contributed by atoms with E-state index in [0.29, 0.717) is 17.9 Å². The third kappa shape index (κ3) is 2.08. The third-order valence-corrected chi connectivity index (χ3v) is 2.60. The molecule has 1 aliphatic rings. The zero-order valence-electron chi connectivity index (χ0n) is 8.43. The van der Waals surface area contributed by atoms with Crippen LogP contribution in [0, 0.1) is 11.3 Å². The zero-order valence-corrected chi connectivity index (χ0v) is 8.43. The van der Waals surface area contributed by atoms with Crippen LogP contribution in [0.15, 0.2) is 18.3 Å². The predicted octanol–water partition coefficient (Wildman–Crippen LogP) is 0.914. The topological polar surface area (TPSA) is 60.2 Å². The molecule has 0 radical (unpaired) electrons. The summed E-state index contributed by atoms with van der Waals surface area (Å²) in [4.78, 5) is 6.18. The number of anilines is 1. The molecule has 0 aliphatic carbocycles. The van der Waals surface area contributed by atoms with E-state index < -0.39 is 0 Å². The van der Waals surface area contributed by atoms with E-state index in [4.69, 9.17) is 5.26 Å². The lowest BCUT2D eigenvalue weighted by molar-refractivity contribution is 0.154. The van der Waals surface area contributed by atoms with Crippen molar-refractivity contribution < 1.29 is 5.11 Å². The van der Waals surface area contributed by atoms with Gasteiger partial charge in [0, 0.05) is 19.3 Å². The summed E-state index contributed by atoms with van der Waals surface area (Å²) in [6.45, 7) is 1.44. The largest absolute Gasteiger partial charge is 0.391 e. The van der Waals surface area contributed by atoms with Gasteiger partial charge in [0.25, 0.3) is 0 Å². The van der Waals surface area contributed by atoms with Crippen LogP contribution < -0.4 is 4.90 Å². The highest BCUT2D eigenvalue weighted by Crippen LogP contribution is 2.20. The van der Waals surface area contributed by atoms with Gasteiger partial charge >= 0.3 is 0 Å². The summed E-state index contributed by atoms with van der Waals surface area (Å²) in [6, 6.07) is 5.63. The van der Waals surface area contributed by atoms with Gasteiger partial charge in [0.05, 0.1) is 11.7 Å². The van der Waals surface area contributed by atoms with Gasteiger partial charge in [-0.15, -0.1) is 0 Å². The van der Waals surface area contributed by atoms with Crippen LogP contribution in [0.25, 0.3) is 0 Å². The number of hydrogen-bond acceptors (Lipinski definition) is 4. The molecule has 1 aromatic rings. The first-order chi connectivity index (χ1) is 7.31.